The van der Waals surface area contributed by atoms with Crippen molar-refractivity contribution in [3.63, 3.8) is 0 Å². The number of rotatable bonds is 5. The van der Waals surface area contributed by atoms with Gasteiger partial charge in [0.2, 0.25) is 11.8 Å². The molecule has 0 saturated carbocycles. The lowest BCUT2D eigenvalue weighted by Crippen LogP contribution is -2.54. The van der Waals surface area contributed by atoms with Gasteiger partial charge in [0.15, 0.2) is 5.96 Å². The number of hydrogen-bond acceptors (Lipinski definition) is 5. The van der Waals surface area contributed by atoms with Gasteiger partial charge in [0.1, 0.15) is 5.76 Å². The van der Waals surface area contributed by atoms with E-state index in [1.54, 1.807) is 13.2 Å². The fraction of sp³-hybridized carbons (Fsp3) is 0.737. The van der Waals surface area contributed by atoms with Crippen LogP contribution in [-0.2, 0) is 16.8 Å². The summed E-state index contributed by atoms with van der Waals surface area (Å²) in [4.78, 5) is 25.0. The maximum absolute atomic E-state index is 11.9. The van der Waals surface area contributed by atoms with Crippen LogP contribution >= 0.6 is 0 Å². The summed E-state index contributed by atoms with van der Waals surface area (Å²) >= 11 is 0. The smallest absolute Gasteiger partial charge is 0.234 e. The zero-order valence-electron chi connectivity index (χ0n) is 17.5. The second kappa shape index (κ2) is 9.21. The zero-order chi connectivity index (χ0) is 20.0. The minimum atomic E-state index is -0.0505. The van der Waals surface area contributed by atoms with Gasteiger partial charge < -0.3 is 20.0 Å². The number of aromatic nitrogens is 1. The summed E-state index contributed by atoms with van der Waals surface area (Å²) < 4.78 is 5.82. The molecule has 8 heteroatoms. The molecule has 1 aromatic heterocycles. The number of nitrogens with zero attached hydrogens (tertiary/aromatic N) is 4. The highest BCUT2D eigenvalue weighted by molar-refractivity contribution is 5.80. The lowest BCUT2D eigenvalue weighted by atomic mass is 9.94. The van der Waals surface area contributed by atoms with Crippen LogP contribution in [0.2, 0.25) is 0 Å². The molecule has 152 valence electrons. The van der Waals surface area contributed by atoms with Crippen molar-refractivity contribution in [1.29, 1.82) is 0 Å². The van der Waals surface area contributed by atoms with E-state index < -0.39 is 0 Å². The molecule has 0 spiro atoms. The molecule has 8 nitrogen and oxygen atoms in total. The predicted octanol–water partition coefficient (Wildman–Crippen LogP) is 1.19. The van der Waals surface area contributed by atoms with E-state index in [1.807, 2.05) is 13.8 Å². The van der Waals surface area contributed by atoms with Crippen LogP contribution in [0.1, 0.15) is 46.3 Å². The lowest BCUT2D eigenvalue weighted by Gasteiger charge is -2.36. The predicted molar refractivity (Wildman–Crippen MR) is 107 cm³/mol. The Kier molecular flexibility index (Phi) is 7.24. The van der Waals surface area contributed by atoms with Gasteiger partial charge in [-0.2, -0.15) is 0 Å². The van der Waals surface area contributed by atoms with Crippen LogP contribution in [0.5, 0.6) is 0 Å². The number of piperazine rings is 1. The topological polar surface area (TPSA) is 86.0 Å². The van der Waals surface area contributed by atoms with Gasteiger partial charge in [-0.1, -0.05) is 20.8 Å². The van der Waals surface area contributed by atoms with Crippen LogP contribution in [0.15, 0.2) is 15.6 Å². The highest BCUT2D eigenvalue weighted by Gasteiger charge is 2.22. The number of carbonyl (C=O) groups excluding carboxylic acids is 1. The van der Waals surface area contributed by atoms with Gasteiger partial charge in [0, 0.05) is 44.7 Å². The first-order chi connectivity index (χ1) is 12.7. The summed E-state index contributed by atoms with van der Waals surface area (Å²) in [6.45, 7) is 14.5. The second-order valence-electron chi connectivity index (χ2n) is 8.25. The molecule has 0 aromatic carbocycles. The molecule has 1 aromatic rings. The molecule has 2 rings (SSSR count). The van der Waals surface area contributed by atoms with Crippen molar-refractivity contribution in [2.24, 2.45) is 4.99 Å². The first-order valence-electron chi connectivity index (χ1n) is 9.61. The minimum Gasteiger partial charge on any atom is -0.443 e. The van der Waals surface area contributed by atoms with E-state index in [4.69, 9.17) is 4.42 Å². The quantitative estimate of drug-likeness (QED) is 0.591. The van der Waals surface area contributed by atoms with Crippen molar-refractivity contribution in [3.05, 3.63) is 17.8 Å². The van der Waals surface area contributed by atoms with E-state index in [0.717, 1.165) is 37.9 Å². The van der Waals surface area contributed by atoms with Crippen LogP contribution in [-0.4, -0.2) is 72.5 Å². The van der Waals surface area contributed by atoms with Crippen molar-refractivity contribution < 1.29 is 9.21 Å². The molecule has 1 amide bonds. The molecular weight excluding hydrogens is 344 g/mol. The molecule has 27 heavy (non-hydrogen) atoms. The molecule has 0 aliphatic carbocycles. The summed E-state index contributed by atoms with van der Waals surface area (Å²) in [5.74, 6) is 2.45. The molecule has 0 unspecified atom stereocenters. The summed E-state index contributed by atoms with van der Waals surface area (Å²) in [6.07, 6.45) is 1.79. The van der Waals surface area contributed by atoms with Gasteiger partial charge in [0.25, 0.3) is 0 Å². The monoisotopic (exact) mass is 378 g/mol. The van der Waals surface area contributed by atoms with Crippen LogP contribution in [0, 0.1) is 0 Å². The molecule has 1 aliphatic heterocycles. The number of oxazole rings is 1. The highest BCUT2D eigenvalue weighted by atomic mass is 16.4. The molecule has 0 bridgehead atoms. The fourth-order valence-corrected chi connectivity index (χ4v) is 2.91. The lowest BCUT2D eigenvalue weighted by molar-refractivity contribution is -0.123. The Labute approximate surface area is 162 Å². The summed E-state index contributed by atoms with van der Waals surface area (Å²) in [6, 6.07) is 0.177. The molecule has 1 fully saturated rings. The average molecular weight is 379 g/mol. The first-order valence-corrected chi connectivity index (χ1v) is 9.61. The van der Waals surface area contributed by atoms with Crippen LogP contribution < -0.4 is 10.6 Å². The zero-order valence-corrected chi connectivity index (χ0v) is 17.5. The summed E-state index contributed by atoms with van der Waals surface area (Å²) in [5.41, 5.74) is -0.0505. The summed E-state index contributed by atoms with van der Waals surface area (Å²) in [7, 11) is 1.78. The standard InChI is InChI=1S/C19H34N6O2/c1-14(2)23-16(26)13-24-7-9-25(10-8-24)18(20-6)22-12-17-21-11-15(27-17)19(3,4)5/h11,14H,7-10,12-13H2,1-6H3,(H,20,22)(H,23,26). The number of aliphatic imine (C=N–C) groups is 1. The number of hydrogen-bond donors (Lipinski definition) is 2. The third-order valence-corrected chi connectivity index (χ3v) is 4.39. The van der Waals surface area contributed by atoms with Crippen LogP contribution in [0.25, 0.3) is 0 Å². The largest absolute Gasteiger partial charge is 0.443 e. The molecular formula is C19H34N6O2. The van der Waals surface area contributed by atoms with Crippen molar-refractivity contribution in [2.75, 3.05) is 39.8 Å². The molecule has 0 atom stereocenters. The van der Waals surface area contributed by atoms with Crippen molar-refractivity contribution in [1.82, 2.24) is 25.4 Å². The van der Waals surface area contributed by atoms with Crippen LogP contribution in [0.4, 0.5) is 0 Å². The molecule has 2 heterocycles. The third kappa shape index (κ3) is 6.53. The van der Waals surface area contributed by atoms with E-state index in [-0.39, 0.29) is 17.4 Å². The molecule has 1 aliphatic rings. The van der Waals surface area contributed by atoms with Crippen molar-refractivity contribution in [2.45, 2.75) is 52.6 Å². The van der Waals surface area contributed by atoms with E-state index in [2.05, 4.69) is 51.2 Å². The highest BCUT2D eigenvalue weighted by Crippen LogP contribution is 2.22. The van der Waals surface area contributed by atoms with Crippen molar-refractivity contribution >= 4 is 11.9 Å². The van der Waals surface area contributed by atoms with E-state index >= 15 is 0 Å². The van der Waals surface area contributed by atoms with Crippen LogP contribution in [0.3, 0.4) is 0 Å². The Balaban J connectivity index is 1.80. The SMILES string of the molecule is CN=C(NCc1ncc(C(C)(C)C)o1)N1CCN(CC(=O)NC(C)C)CC1. The number of guanidine groups is 1. The maximum atomic E-state index is 11.9. The van der Waals surface area contributed by atoms with E-state index in [9.17, 15) is 4.79 Å². The minimum absolute atomic E-state index is 0.0505. The molecule has 2 N–H and O–H groups in total. The third-order valence-electron chi connectivity index (χ3n) is 4.39. The molecule has 1 saturated heterocycles. The van der Waals surface area contributed by atoms with Crippen molar-refractivity contribution in [3.8, 4) is 0 Å². The van der Waals surface area contributed by atoms with Gasteiger partial charge in [-0.25, -0.2) is 4.98 Å². The Bertz CT molecular complexity index is 639. The second-order valence-corrected chi connectivity index (χ2v) is 8.25. The van der Waals surface area contributed by atoms with E-state index in [1.165, 1.54) is 0 Å². The van der Waals surface area contributed by atoms with Gasteiger partial charge in [-0.3, -0.25) is 14.7 Å². The van der Waals surface area contributed by atoms with Gasteiger partial charge >= 0.3 is 0 Å². The number of nitrogens with one attached hydrogen (secondary N) is 2. The first kappa shape index (κ1) is 21.2. The Morgan fingerprint density at radius 1 is 1.30 bits per heavy atom. The fourth-order valence-electron chi connectivity index (χ4n) is 2.91. The number of carbonyl (C=O) groups is 1. The van der Waals surface area contributed by atoms with Gasteiger partial charge in [0.05, 0.1) is 19.3 Å². The number of amides is 1. The molecule has 0 radical (unpaired) electrons. The normalized spacial score (nSPS) is 16.7. The summed E-state index contributed by atoms with van der Waals surface area (Å²) in [5, 5.41) is 6.26. The Hall–Kier alpha value is -2.09. The van der Waals surface area contributed by atoms with E-state index in [0.29, 0.717) is 19.0 Å². The maximum Gasteiger partial charge on any atom is 0.234 e. The Morgan fingerprint density at radius 2 is 1.96 bits per heavy atom. The Morgan fingerprint density at radius 3 is 2.48 bits per heavy atom. The average Bonchev–Trinajstić information content (AvgIpc) is 3.05. The van der Waals surface area contributed by atoms with Gasteiger partial charge in [-0.15, -0.1) is 0 Å². The van der Waals surface area contributed by atoms with Gasteiger partial charge in [-0.05, 0) is 13.8 Å².